The molecule has 0 fully saturated rings. The molecular formula is C19H25N5O3. The zero-order valence-corrected chi connectivity index (χ0v) is 16.4. The lowest BCUT2D eigenvalue weighted by Gasteiger charge is -2.27. The second-order valence-electron chi connectivity index (χ2n) is 6.88. The van der Waals surface area contributed by atoms with Gasteiger partial charge in [-0.15, -0.1) is 0 Å². The molecule has 3 heterocycles. The van der Waals surface area contributed by atoms with Crippen molar-refractivity contribution in [3.05, 3.63) is 41.2 Å². The highest BCUT2D eigenvalue weighted by molar-refractivity contribution is 5.76. The highest BCUT2D eigenvalue weighted by Gasteiger charge is 2.22. The number of carbonyl (C=O) groups excluding carboxylic acids is 1. The molecule has 0 saturated carbocycles. The monoisotopic (exact) mass is 371 g/mol. The van der Waals surface area contributed by atoms with Crippen molar-refractivity contribution in [2.24, 2.45) is 7.05 Å². The molecular weight excluding hydrogens is 346 g/mol. The fraction of sp³-hybridized carbons (Fsp3) is 0.474. The van der Waals surface area contributed by atoms with Crippen LogP contribution in [0.4, 0.5) is 0 Å². The number of carbonyl (C=O) groups is 1. The lowest BCUT2D eigenvalue weighted by Crippen LogP contribution is -2.36. The summed E-state index contributed by atoms with van der Waals surface area (Å²) in [6.45, 7) is 8.57. The minimum Gasteiger partial charge on any atom is -0.461 e. The Morgan fingerprint density at radius 3 is 2.70 bits per heavy atom. The smallest absolute Gasteiger partial charge is 0.238 e. The van der Waals surface area contributed by atoms with Crippen molar-refractivity contribution >= 4 is 5.91 Å². The molecule has 0 aliphatic carbocycles. The van der Waals surface area contributed by atoms with E-state index in [-0.39, 0.29) is 11.9 Å². The van der Waals surface area contributed by atoms with E-state index >= 15 is 0 Å². The molecule has 0 aliphatic rings. The van der Waals surface area contributed by atoms with Gasteiger partial charge in [0.15, 0.2) is 5.76 Å². The van der Waals surface area contributed by atoms with E-state index in [0.29, 0.717) is 36.9 Å². The number of nitrogens with zero attached hydrogens (tertiary/aromatic N) is 5. The molecule has 0 radical (unpaired) electrons. The maximum absolute atomic E-state index is 12.8. The Labute approximate surface area is 158 Å². The Kier molecular flexibility index (Phi) is 5.43. The van der Waals surface area contributed by atoms with Crippen LogP contribution in [-0.2, 0) is 24.8 Å². The average Bonchev–Trinajstić information content (AvgIpc) is 3.34. The number of hydrogen-bond acceptors (Lipinski definition) is 6. The van der Waals surface area contributed by atoms with Crippen LogP contribution in [0.3, 0.4) is 0 Å². The molecule has 0 saturated heterocycles. The lowest BCUT2D eigenvalue weighted by molar-refractivity contribution is -0.133. The number of aromatic nitrogens is 4. The van der Waals surface area contributed by atoms with Crippen molar-refractivity contribution in [1.82, 2.24) is 24.8 Å². The number of hydrogen-bond donors (Lipinski definition) is 0. The molecule has 1 amide bonds. The molecule has 3 aromatic heterocycles. The summed E-state index contributed by atoms with van der Waals surface area (Å²) in [6.07, 6.45) is 2.24. The second kappa shape index (κ2) is 7.77. The summed E-state index contributed by atoms with van der Waals surface area (Å²) < 4.78 is 12.3. The SMILES string of the molecule is Cc1nn(C)c(C)c1CN(C(=O)CCc1nc(-c2ccco2)no1)C(C)C. The van der Waals surface area contributed by atoms with Gasteiger partial charge >= 0.3 is 0 Å². The van der Waals surface area contributed by atoms with Gasteiger partial charge in [-0.3, -0.25) is 9.48 Å². The molecule has 0 aliphatic heterocycles. The van der Waals surface area contributed by atoms with Crippen LogP contribution in [0.1, 0.15) is 43.1 Å². The van der Waals surface area contributed by atoms with E-state index in [1.165, 1.54) is 0 Å². The third kappa shape index (κ3) is 4.10. The first-order valence-corrected chi connectivity index (χ1v) is 9.01. The van der Waals surface area contributed by atoms with Gasteiger partial charge in [0, 0.05) is 43.7 Å². The van der Waals surface area contributed by atoms with E-state index < -0.39 is 0 Å². The summed E-state index contributed by atoms with van der Waals surface area (Å²) in [7, 11) is 1.92. The van der Waals surface area contributed by atoms with E-state index in [4.69, 9.17) is 8.94 Å². The van der Waals surface area contributed by atoms with Crippen LogP contribution in [0.5, 0.6) is 0 Å². The number of furan rings is 1. The fourth-order valence-electron chi connectivity index (χ4n) is 3.00. The summed E-state index contributed by atoms with van der Waals surface area (Å²) in [5.41, 5.74) is 3.12. The van der Waals surface area contributed by atoms with Gasteiger partial charge in [0.2, 0.25) is 17.6 Å². The predicted molar refractivity (Wildman–Crippen MR) is 98.7 cm³/mol. The molecule has 0 atom stereocenters. The van der Waals surface area contributed by atoms with Gasteiger partial charge in [0.05, 0.1) is 12.0 Å². The summed E-state index contributed by atoms with van der Waals surface area (Å²) in [5, 5.41) is 8.33. The number of amides is 1. The van der Waals surface area contributed by atoms with Crippen molar-refractivity contribution < 1.29 is 13.7 Å². The summed E-state index contributed by atoms with van der Waals surface area (Å²) in [6, 6.07) is 3.61. The van der Waals surface area contributed by atoms with E-state index in [2.05, 4.69) is 15.2 Å². The third-order valence-electron chi connectivity index (χ3n) is 4.69. The lowest BCUT2D eigenvalue weighted by atomic mass is 10.1. The first-order chi connectivity index (χ1) is 12.9. The second-order valence-corrected chi connectivity index (χ2v) is 6.88. The van der Waals surface area contributed by atoms with Gasteiger partial charge in [-0.1, -0.05) is 5.16 Å². The molecule has 3 rings (SSSR count). The Morgan fingerprint density at radius 1 is 1.33 bits per heavy atom. The molecule has 3 aromatic rings. The summed E-state index contributed by atoms with van der Waals surface area (Å²) in [5.74, 6) is 1.41. The quantitative estimate of drug-likeness (QED) is 0.634. The Balaban J connectivity index is 1.65. The third-order valence-corrected chi connectivity index (χ3v) is 4.69. The van der Waals surface area contributed by atoms with E-state index in [0.717, 1.165) is 17.0 Å². The first-order valence-electron chi connectivity index (χ1n) is 9.01. The van der Waals surface area contributed by atoms with Crippen LogP contribution < -0.4 is 0 Å². The largest absolute Gasteiger partial charge is 0.461 e. The fourth-order valence-corrected chi connectivity index (χ4v) is 3.00. The minimum absolute atomic E-state index is 0.0467. The van der Waals surface area contributed by atoms with Crippen molar-refractivity contribution in [1.29, 1.82) is 0 Å². The zero-order valence-electron chi connectivity index (χ0n) is 16.4. The Hall–Kier alpha value is -2.90. The van der Waals surface area contributed by atoms with E-state index in [1.807, 2.05) is 44.3 Å². The van der Waals surface area contributed by atoms with Crippen molar-refractivity contribution in [3.8, 4) is 11.6 Å². The van der Waals surface area contributed by atoms with Crippen molar-refractivity contribution in [3.63, 3.8) is 0 Å². The maximum atomic E-state index is 12.8. The van der Waals surface area contributed by atoms with Gasteiger partial charge in [-0.2, -0.15) is 10.1 Å². The molecule has 0 unspecified atom stereocenters. The molecule has 8 nitrogen and oxygen atoms in total. The van der Waals surface area contributed by atoms with Crippen LogP contribution >= 0.6 is 0 Å². The first kappa shape index (κ1) is 18.9. The van der Waals surface area contributed by atoms with Gasteiger partial charge < -0.3 is 13.8 Å². The maximum Gasteiger partial charge on any atom is 0.238 e. The molecule has 8 heteroatoms. The summed E-state index contributed by atoms with van der Waals surface area (Å²) in [4.78, 5) is 19.0. The van der Waals surface area contributed by atoms with Crippen LogP contribution in [0.25, 0.3) is 11.6 Å². The zero-order chi connectivity index (χ0) is 19.6. The molecule has 27 heavy (non-hydrogen) atoms. The van der Waals surface area contributed by atoms with Crippen LogP contribution in [-0.4, -0.2) is 36.8 Å². The normalized spacial score (nSPS) is 11.3. The molecule has 0 bridgehead atoms. The standard InChI is InChI=1S/C19H25N5O3/c1-12(2)24(11-15-13(3)21-23(5)14(15)4)18(25)9-8-17-20-19(22-27-17)16-7-6-10-26-16/h6-7,10,12H,8-9,11H2,1-5H3. The highest BCUT2D eigenvalue weighted by atomic mass is 16.5. The van der Waals surface area contributed by atoms with Gasteiger partial charge in [-0.25, -0.2) is 0 Å². The molecule has 0 aromatic carbocycles. The molecule has 0 N–H and O–H groups in total. The molecule has 0 spiro atoms. The minimum atomic E-state index is 0.0467. The van der Waals surface area contributed by atoms with Crippen LogP contribution in [0.2, 0.25) is 0 Å². The van der Waals surface area contributed by atoms with Crippen molar-refractivity contribution in [2.45, 2.75) is 53.1 Å². The Morgan fingerprint density at radius 2 is 2.11 bits per heavy atom. The van der Waals surface area contributed by atoms with Gasteiger partial charge in [0.1, 0.15) is 0 Å². The van der Waals surface area contributed by atoms with E-state index in [9.17, 15) is 4.79 Å². The molecule has 144 valence electrons. The average molecular weight is 371 g/mol. The number of aryl methyl sites for hydroxylation is 3. The number of rotatable bonds is 7. The van der Waals surface area contributed by atoms with E-state index in [1.54, 1.807) is 18.4 Å². The van der Waals surface area contributed by atoms with Gasteiger partial charge in [0.25, 0.3) is 0 Å². The van der Waals surface area contributed by atoms with Crippen LogP contribution in [0.15, 0.2) is 27.3 Å². The summed E-state index contributed by atoms with van der Waals surface area (Å²) >= 11 is 0. The van der Waals surface area contributed by atoms with Gasteiger partial charge in [-0.05, 0) is 39.8 Å². The highest BCUT2D eigenvalue weighted by Crippen LogP contribution is 2.19. The Bertz CT molecular complexity index is 908. The predicted octanol–water partition coefficient (Wildman–Crippen LogP) is 3.05. The topological polar surface area (TPSA) is 90.2 Å². The van der Waals surface area contributed by atoms with Crippen molar-refractivity contribution in [2.75, 3.05) is 0 Å². The van der Waals surface area contributed by atoms with Crippen LogP contribution in [0, 0.1) is 13.8 Å².